The molecule has 0 heterocycles. The first-order valence-corrected chi connectivity index (χ1v) is 2.44. The first kappa shape index (κ1) is 11.9. The molecule has 0 atom stereocenters. The van der Waals surface area contributed by atoms with Gasteiger partial charge in [-0.3, -0.25) is 9.59 Å². The Kier molecular flexibility index (Phi) is 10.7. The zero-order valence-corrected chi connectivity index (χ0v) is 7.72. The Bertz CT molecular complexity index is 96.9. The topological polar surface area (TPSA) is 43.4 Å². The Morgan fingerprint density at radius 1 is 1.78 bits per heavy atom. The zero-order valence-electron chi connectivity index (χ0n) is 6.72. The molecule has 48 valence electrons. The van der Waals surface area contributed by atoms with Gasteiger partial charge in [0.1, 0.15) is 0 Å². The van der Waals surface area contributed by atoms with E-state index in [1.54, 1.807) is 0 Å². The average Bonchev–Trinajstić information content (AvgIpc) is 1.68. The normalized spacial score (nSPS) is 7.22. The molecule has 0 saturated carbocycles. The van der Waals surface area contributed by atoms with Crippen molar-refractivity contribution < 1.29 is 45.3 Å². The molecule has 9 heavy (non-hydrogen) atoms. The monoisotopic (exact) mass is 140 g/mol. The molecular weight excluding hydrogens is 131 g/mol. The van der Waals surface area contributed by atoms with Gasteiger partial charge in [-0.25, -0.2) is 0 Å². The molecule has 0 N–H and O–H groups in total. The minimum absolute atomic E-state index is 0. The van der Waals surface area contributed by atoms with Crippen LogP contribution in [-0.4, -0.2) is 12.4 Å². The summed E-state index contributed by atoms with van der Waals surface area (Å²) in [5.74, 6) is -0.456. The molecule has 3 nitrogen and oxygen atoms in total. The number of carbonyl (C=O) groups is 2. The van der Waals surface area contributed by atoms with E-state index in [1.165, 1.54) is 0 Å². The fourth-order valence-corrected chi connectivity index (χ4v) is 0.317. The molecule has 0 rings (SSSR count). The molecule has 0 aliphatic carbocycles. The van der Waals surface area contributed by atoms with Gasteiger partial charge in [-0.05, 0) is 6.42 Å². The molecule has 0 saturated heterocycles. The summed E-state index contributed by atoms with van der Waals surface area (Å²) in [6.45, 7) is 1.99. The number of carbonyl (C=O) groups excluding carboxylic acids is 2. The van der Waals surface area contributed by atoms with Crippen LogP contribution in [0.15, 0.2) is 0 Å². The van der Waals surface area contributed by atoms with E-state index in [1.807, 2.05) is 6.92 Å². The second kappa shape index (κ2) is 8.14. The van der Waals surface area contributed by atoms with Gasteiger partial charge in [0.25, 0.3) is 0 Å². The second-order valence-corrected chi connectivity index (χ2v) is 1.34. The standard InChI is InChI=1S/C5H8O3.Na.H/c1-2-3-5(7)8-4-6;;/h4H,2-3H2,1H3;;/q;+1;-1. The maximum atomic E-state index is 10.2. The summed E-state index contributed by atoms with van der Waals surface area (Å²) in [5.41, 5.74) is 0. The fraction of sp³-hybridized carbons (Fsp3) is 0.600. The van der Waals surface area contributed by atoms with E-state index in [0.717, 1.165) is 0 Å². The van der Waals surface area contributed by atoms with Crippen molar-refractivity contribution in [2.75, 3.05) is 0 Å². The predicted molar refractivity (Wildman–Crippen MR) is 28.2 cm³/mol. The summed E-state index contributed by atoms with van der Waals surface area (Å²) < 4.78 is 3.96. The Hall–Kier alpha value is 0.140. The van der Waals surface area contributed by atoms with Gasteiger partial charge in [0, 0.05) is 6.42 Å². The Labute approximate surface area is 77.5 Å². The van der Waals surface area contributed by atoms with Gasteiger partial charge in [-0.2, -0.15) is 0 Å². The van der Waals surface area contributed by atoms with Crippen LogP contribution in [0, 0.1) is 0 Å². The van der Waals surface area contributed by atoms with Gasteiger partial charge in [0.05, 0.1) is 0 Å². The number of rotatable bonds is 3. The Morgan fingerprint density at radius 2 is 2.33 bits per heavy atom. The van der Waals surface area contributed by atoms with E-state index in [2.05, 4.69) is 4.74 Å². The summed E-state index contributed by atoms with van der Waals surface area (Å²) in [4.78, 5) is 19.6. The van der Waals surface area contributed by atoms with Gasteiger partial charge in [0.15, 0.2) is 0 Å². The quantitative estimate of drug-likeness (QED) is 0.190. The minimum atomic E-state index is -0.456. The molecule has 0 amide bonds. The third kappa shape index (κ3) is 8.14. The largest absolute Gasteiger partial charge is 1.00 e. The van der Waals surface area contributed by atoms with Crippen LogP contribution in [0.4, 0.5) is 0 Å². The van der Waals surface area contributed by atoms with Crippen LogP contribution in [0.25, 0.3) is 0 Å². The number of esters is 1. The first-order chi connectivity index (χ1) is 3.81. The molecule has 0 unspecified atom stereocenters. The molecular formula is C5H9NaO3. The van der Waals surface area contributed by atoms with E-state index in [-0.39, 0.29) is 37.5 Å². The second-order valence-electron chi connectivity index (χ2n) is 1.34. The number of hydrogen-bond donors (Lipinski definition) is 0. The van der Waals surface area contributed by atoms with Gasteiger partial charge in [-0.15, -0.1) is 0 Å². The van der Waals surface area contributed by atoms with Gasteiger partial charge < -0.3 is 6.16 Å². The number of ether oxygens (including phenoxy) is 1. The van der Waals surface area contributed by atoms with Crippen molar-refractivity contribution in [1.82, 2.24) is 0 Å². The van der Waals surface area contributed by atoms with Crippen LogP contribution in [0.1, 0.15) is 21.2 Å². The zero-order chi connectivity index (χ0) is 6.41. The van der Waals surface area contributed by atoms with E-state index in [4.69, 9.17) is 0 Å². The molecule has 0 spiro atoms. The predicted octanol–water partition coefficient (Wildman–Crippen LogP) is -2.40. The molecule has 0 aromatic heterocycles. The summed E-state index contributed by atoms with van der Waals surface area (Å²) in [7, 11) is 0. The van der Waals surface area contributed by atoms with Crippen LogP contribution < -0.4 is 29.6 Å². The molecule has 0 bridgehead atoms. The van der Waals surface area contributed by atoms with Crippen molar-refractivity contribution in [3.05, 3.63) is 0 Å². The van der Waals surface area contributed by atoms with E-state index < -0.39 is 5.97 Å². The number of hydrogen-bond acceptors (Lipinski definition) is 3. The van der Waals surface area contributed by atoms with Crippen LogP contribution in [0.5, 0.6) is 0 Å². The summed E-state index contributed by atoms with van der Waals surface area (Å²) in [6.07, 6.45) is 1.03. The maximum absolute atomic E-state index is 10.2. The van der Waals surface area contributed by atoms with Crippen LogP contribution in [0.2, 0.25) is 0 Å². The molecule has 0 fully saturated rings. The molecule has 0 aliphatic rings. The van der Waals surface area contributed by atoms with Gasteiger partial charge in [0.2, 0.25) is 0 Å². The Balaban J connectivity index is -0.000000245. The van der Waals surface area contributed by atoms with Crippen LogP contribution in [0.3, 0.4) is 0 Å². The molecule has 0 aliphatic heterocycles. The van der Waals surface area contributed by atoms with Crippen LogP contribution in [-0.2, 0) is 14.3 Å². The SMILES string of the molecule is CCCC(=O)OC=O.[H-].[Na+]. The molecule has 0 aromatic carbocycles. The third-order valence-electron chi connectivity index (χ3n) is 0.634. The summed E-state index contributed by atoms with van der Waals surface area (Å²) in [5, 5.41) is 0. The van der Waals surface area contributed by atoms with Gasteiger partial charge >= 0.3 is 42.0 Å². The Morgan fingerprint density at radius 3 is 2.67 bits per heavy atom. The smallest absolute Gasteiger partial charge is 1.00 e. The molecule has 4 heteroatoms. The van der Waals surface area contributed by atoms with E-state index in [0.29, 0.717) is 12.8 Å². The van der Waals surface area contributed by atoms with E-state index in [9.17, 15) is 9.59 Å². The minimum Gasteiger partial charge on any atom is -1.00 e. The average molecular weight is 140 g/mol. The van der Waals surface area contributed by atoms with Crippen molar-refractivity contribution >= 4 is 12.4 Å². The third-order valence-corrected chi connectivity index (χ3v) is 0.634. The van der Waals surface area contributed by atoms with E-state index >= 15 is 0 Å². The summed E-state index contributed by atoms with van der Waals surface area (Å²) >= 11 is 0. The fourth-order valence-electron chi connectivity index (χ4n) is 0.317. The van der Waals surface area contributed by atoms with Gasteiger partial charge in [-0.1, -0.05) is 6.92 Å². The van der Waals surface area contributed by atoms with Crippen molar-refractivity contribution in [2.24, 2.45) is 0 Å². The summed E-state index contributed by atoms with van der Waals surface area (Å²) in [6, 6.07) is 0. The van der Waals surface area contributed by atoms with Crippen molar-refractivity contribution in [2.45, 2.75) is 19.8 Å². The first-order valence-electron chi connectivity index (χ1n) is 2.44. The van der Waals surface area contributed by atoms with Crippen molar-refractivity contribution in [3.8, 4) is 0 Å². The maximum Gasteiger partial charge on any atom is 1.00 e. The van der Waals surface area contributed by atoms with Crippen molar-refractivity contribution in [1.29, 1.82) is 0 Å². The van der Waals surface area contributed by atoms with Crippen LogP contribution >= 0.6 is 0 Å². The van der Waals surface area contributed by atoms with Crippen molar-refractivity contribution in [3.63, 3.8) is 0 Å². The molecule has 0 radical (unpaired) electrons. The molecule has 0 aromatic rings.